The molecule has 1 aliphatic carbocycles. The van der Waals surface area contributed by atoms with Crippen molar-refractivity contribution < 1.29 is 0 Å². The van der Waals surface area contributed by atoms with Crippen LogP contribution >= 0.6 is 11.6 Å². The SMILES string of the molecule is CCCNC(C)c1ccc(N(C)CC2CC2C)cc1Cl. The van der Waals surface area contributed by atoms with E-state index in [2.05, 4.69) is 56.2 Å². The van der Waals surface area contributed by atoms with Crippen molar-refractivity contribution >= 4 is 17.3 Å². The number of hydrogen-bond donors (Lipinski definition) is 1. The molecule has 3 heteroatoms. The fourth-order valence-electron chi connectivity index (χ4n) is 2.69. The standard InChI is InChI=1S/C17H27ClN2/c1-5-8-19-13(3)16-7-6-15(10-17(16)18)20(4)11-14-9-12(14)2/h6-7,10,12-14,19H,5,8-9,11H2,1-4H3. The first-order valence-corrected chi connectivity index (χ1v) is 8.14. The van der Waals surface area contributed by atoms with Gasteiger partial charge in [0.15, 0.2) is 0 Å². The maximum atomic E-state index is 6.46. The highest BCUT2D eigenvalue weighted by Gasteiger charge is 2.33. The highest BCUT2D eigenvalue weighted by atomic mass is 35.5. The molecule has 0 heterocycles. The maximum Gasteiger partial charge on any atom is 0.0474 e. The highest BCUT2D eigenvalue weighted by Crippen LogP contribution is 2.39. The van der Waals surface area contributed by atoms with Gasteiger partial charge in [0, 0.05) is 30.3 Å². The molecule has 1 aromatic carbocycles. The summed E-state index contributed by atoms with van der Waals surface area (Å²) in [6, 6.07) is 6.77. The summed E-state index contributed by atoms with van der Waals surface area (Å²) in [7, 11) is 2.16. The van der Waals surface area contributed by atoms with Crippen molar-refractivity contribution in [1.29, 1.82) is 0 Å². The van der Waals surface area contributed by atoms with Crippen molar-refractivity contribution in [2.75, 3.05) is 25.0 Å². The number of halogens is 1. The monoisotopic (exact) mass is 294 g/mol. The molecule has 112 valence electrons. The zero-order valence-electron chi connectivity index (χ0n) is 13.1. The van der Waals surface area contributed by atoms with Crippen LogP contribution in [-0.4, -0.2) is 20.1 Å². The van der Waals surface area contributed by atoms with Gasteiger partial charge >= 0.3 is 0 Å². The molecule has 0 saturated heterocycles. The van der Waals surface area contributed by atoms with Crippen molar-refractivity contribution in [2.45, 2.75) is 39.7 Å². The Morgan fingerprint density at radius 1 is 1.45 bits per heavy atom. The van der Waals surface area contributed by atoms with Gasteiger partial charge in [0.2, 0.25) is 0 Å². The van der Waals surface area contributed by atoms with Gasteiger partial charge < -0.3 is 10.2 Å². The van der Waals surface area contributed by atoms with E-state index < -0.39 is 0 Å². The number of benzene rings is 1. The molecule has 3 unspecified atom stereocenters. The molecule has 1 aliphatic rings. The van der Waals surface area contributed by atoms with Crippen LogP contribution in [-0.2, 0) is 0 Å². The summed E-state index contributed by atoms with van der Waals surface area (Å²) in [5.74, 6) is 1.76. The van der Waals surface area contributed by atoms with Crippen molar-refractivity contribution in [3.63, 3.8) is 0 Å². The number of rotatable bonds is 7. The second kappa shape index (κ2) is 6.82. The second-order valence-electron chi connectivity index (χ2n) is 6.24. The quantitative estimate of drug-likeness (QED) is 0.797. The summed E-state index contributed by atoms with van der Waals surface area (Å²) in [6.45, 7) is 8.85. The van der Waals surface area contributed by atoms with Crippen LogP contribution in [0.15, 0.2) is 18.2 Å². The van der Waals surface area contributed by atoms with Gasteiger partial charge in [-0.05, 0) is 55.8 Å². The van der Waals surface area contributed by atoms with Crippen LogP contribution < -0.4 is 10.2 Å². The first-order chi connectivity index (χ1) is 9.52. The summed E-state index contributed by atoms with van der Waals surface area (Å²) >= 11 is 6.46. The molecule has 0 aliphatic heterocycles. The summed E-state index contributed by atoms with van der Waals surface area (Å²) in [4.78, 5) is 2.33. The molecule has 0 bridgehead atoms. The summed E-state index contributed by atoms with van der Waals surface area (Å²) in [5, 5.41) is 4.36. The Kier molecular flexibility index (Phi) is 5.34. The lowest BCUT2D eigenvalue weighted by molar-refractivity contribution is 0.571. The molecule has 20 heavy (non-hydrogen) atoms. The highest BCUT2D eigenvalue weighted by molar-refractivity contribution is 6.31. The van der Waals surface area contributed by atoms with E-state index in [-0.39, 0.29) is 0 Å². The minimum atomic E-state index is 0.310. The first-order valence-electron chi connectivity index (χ1n) is 7.76. The molecule has 1 N–H and O–H groups in total. The summed E-state index contributed by atoms with van der Waals surface area (Å²) in [5.41, 5.74) is 2.41. The van der Waals surface area contributed by atoms with Crippen LogP contribution in [0.25, 0.3) is 0 Å². The van der Waals surface area contributed by atoms with E-state index in [0.29, 0.717) is 6.04 Å². The van der Waals surface area contributed by atoms with Crippen LogP contribution in [0.1, 0.15) is 45.2 Å². The molecule has 1 fully saturated rings. The van der Waals surface area contributed by atoms with E-state index in [1.165, 1.54) is 17.7 Å². The number of anilines is 1. The van der Waals surface area contributed by atoms with Crippen molar-refractivity contribution in [1.82, 2.24) is 5.32 Å². The Labute approximate surface area is 128 Å². The van der Waals surface area contributed by atoms with Gasteiger partial charge in [0.05, 0.1) is 0 Å². The van der Waals surface area contributed by atoms with Crippen LogP contribution in [0.3, 0.4) is 0 Å². The smallest absolute Gasteiger partial charge is 0.0474 e. The third-order valence-corrected chi connectivity index (χ3v) is 4.70. The lowest BCUT2D eigenvalue weighted by atomic mass is 10.1. The van der Waals surface area contributed by atoms with E-state index in [0.717, 1.165) is 36.4 Å². The third kappa shape index (κ3) is 3.89. The molecule has 0 spiro atoms. The predicted molar refractivity (Wildman–Crippen MR) is 88.7 cm³/mol. The largest absolute Gasteiger partial charge is 0.374 e. The molecule has 2 rings (SSSR count). The van der Waals surface area contributed by atoms with Crippen molar-refractivity contribution in [2.24, 2.45) is 11.8 Å². The summed E-state index contributed by atoms with van der Waals surface area (Å²) in [6.07, 6.45) is 2.51. The number of nitrogens with zero attached hydrogens (tertiary/aromatic N) is 1. The van der Waals surface area contributed by atoms with Crippen molar-refractivity contribution in [3.8, 4) is 0 Å². The molecule has 0 amide bonds. The maximum absolute atomic E-state index is 6.46. The topological polar surface area (TPSA) is 15.3 Å². The van der Waals surface area contributed by atoms with Gasteiger partial charge in [-0.3, -0.25) is 0 Å². The van der Waals surface area contributed by atoms with E-state index >= 15 is 0 Å². The fraction of sp³-hybridized carbons (Fsp3) is 0.647. The Bertz CT molecular complexity index is 447. The molecular formula is C17H27ClN2. The Balaban J connectivity index is 2.00. The fourth-order valence-corrected chi connectivity index (χ4v) is 3.02. The van der Waals surface area contributed by atoms with Crippen LogP contribution in [0.4, 0.5) is 5.69 Å². The lowest BCUT2D eigenvalue weighted by Gasteiger charge is -2.22. The number of nitrogens with one attached hydrogen (secondary N) is 1. The van der Waals surface area contributed by atoms with Crippen LogP contribution in [0, 0.1) is 11.8 Å². The van der Waals surface area contributed by atoms with Gasteiger partial charge in [0.1, 0.15) is 0 Å². The van der Waals surface area contributed by atoms with Crippen molar-refractivity contribution in [3.05, 3.63) is 28.8 Å². The Hall–Kier alpha value is -0.730. The first kappa shape index (κ1) is 15.7. The zero-order chi connectivity index (χ0) is 14.7. The minimum absolute atomic E-state index is 0.310. The molecule has 0 radical (unpaired) electrons. The molecule has 0 aromatic heterocycles. The average molecular weight is 295 g/mol. The van der Waals surface area contributed by atoms with Gasteiger partial charge in [0.25, 0.3) is 0 Å². The Morgan fingerprint density at radius 2 is 2.15 bits per heavy atom. The van der Waals surface area contributed by atoms with Gasteiger partial charge in [-0.15, -0.1) is 0 Å². The molecular weight excluding hydrogens is 268 g/mol. The average Bonchev–Trinajstić information content (AvgIpc) is 3.11. The third-order valence-electron chi connectivity index (χ3n) is 4.38. The van der Waals surface area contributed by atoms with Gasteiger partial charge in [-0.2, -0.15) is 0 Å². The normalized spacial score (nSPS) is 22.6. The minimum Gasteiger partial charge on any atom is -0.374 e. The number of hydrogen-bond acceptors (Lipinski definition) is 2. The molecule has 2 nitrogen and oxygen atoms in total. The van der Waals surface area contributed by atoms with E-state index in [9.17, 15) is 0 Å². The van der Waals surface area contributed by atoms with Gasteiger partial charge in [-0.25, -0.2) is 0 Å². The lowest BCUT2D eigenvalue weighted by Crippen LogP contribution is -2.22. The van der Waals surface area contributed by atoms with Gasteiger partial charge in [-0.1, -0.05) is 31.5 Å². The second-order valence-corrected chi connectivity index (χ2v) is 6.64. The molecule has 3 atom stereocenters. The van der Waals surface area contributed by atoms with E-state index in [1.807, 2.05) is 0 Å². The van der Waals surface area contributed by atoms with E-state index in [4.69, 9.17) is 11.6 Å². The Morgan fingerprint density at radius 3 is 2.70 bits per heavy atom. The summed E-state index contributed by atoms with van der Waals surface area (Å²) < 4.78 is 0. The van der Waals surface area contributed by atoms with Crippen LogP contribution in [0.2, 0.25) is 5.02 Å². The molecule has 1 aromatic rings. The van der Waals surface area contributed by atoms with E-state index in [1.54, 1.807) is 0 Å². The molecule has 1 saturated carbocycles. The van der Waals surface area contributed by atoms with Crippen LogP contribution in [0.5, 0.6) is 0 Å². The predicted octanol–water partition coefficient (Wildman–Crippen LogP) is 4.49. The zero-order valence-corrected chi connectivity index (χ0v) is 13.9.